The Hall–Kier alpha value is -0.724. The molecule has 2 rings (SSSR count). The van der Waals surface area contributed by atoms with E-state index in [9.17, 15) is 13.2 Å². The number of hydrogen-bond donors (Lipinski definition) is 0. The molecule has 18 heavy (non-hydrogen) atoms. The van der Waals surface area contributed by atoms with Gasteiger partial charge in [0.15, 0.2) is 0 Å². The molecular weight excluding hydrogens is 306 g/mol. The Morgan fingerprint density at radius 3 is 2.44 bits per heavy atom. The first kappa shape index (κ1) is 17.3. The Bertz CT molecular complexity index is 494. The van der Waals surface area contributed by atoms with Gasteiger partial charge >= 0.3 is 23.0 Å². The second kappa shape index (κ2) is 7.01. The molecule has 1 N–H and O–H groups in total. The second-order valence-corrected chi connectivity index (χ2v) is 4.14. The average molecular weight is 317 g/mol. The molecular formula is C12H11CoF3NS-. The minimum absolute atomic E-state index is 0. The number of alkyl halides is 3. The Labute approximate surface area is 118 Å². The fourth-order valence-electron chi connectivity index (χ4n) is 1.15. The molecule has 1 aromatic heterocycles. The van der Waals surface area contributed by atoms with E-state index in [1.807, 2.05) is 6.92 Å². The number of halogens is 3. The van der Waals surface area contributed by atoms with Gasteiger partial charge in [0.1, 0.15) is 0 Å². The van der Waals surface area contributed by atoms with Gasteiger partial charge < -0.3 is 12.7 Å². The van der Waals surface area contributed by atoms with Gasteiger partial charge in [0, 0.05) is 5.56 Å². The van der Waals surface area contributed by atoms with Crippen molar-refractivity contribution in [3.05, 3.63) is 41.8 Å². The molecule has 0 unspecified atom stereocenters. The van der Waals surface area contributed by atoms with Crippen molar-refractivity contribution in [2.75, 3.05) is 0 Å². The molecule has 0 fully saturated rings. The van der Waals surface area contributed by atoms with E-state index >= 15 is 0 Å². The summed E-state index contributed by atoms with van der Waals surface area (Å²) in [5, 5.41) is 2.91. The van der Waals surface area contributed by atoms with Crippen LogP contribution in [0.25, 0.3) is 15.8 Å². The predicted octanol–water partition coefficient (Wildman–Crippen LogP) is 5.63. The van der Waals surface area contributed by atoms with Gasteiger partial charge in [-0.1, -0.05) is 13.0 Å². The smallest absolute Gasteiger partial charge is 0.720 e. The fraction of sp³-hybridized carbons (Fsp3) is 0.250. The van der Waals surface area contributed by atoms with Gasteiger partial charge in [-0.25, -0.2) is 0 Å². The Morgan fingerprint density at radius 1 is 1.39 bits per heavy atom. The third-order valence-corrected chi connectivity index (χ3v) is 2.72. The Morgan fingerprint density at radius 2 is 1.94 bits per heavy atom. The third-order valence-electron chi connectivity index (χ3n) is 1.84. The van der Waals surface area contributed by atoms with Crippen LogP contribution in [0.15, 0.2) is 18.2 Å². The van der Waals surface area contributed by atoms with Gasteiger partial charge in [-0.15, -0.1) is 22.2 Å². The van der Waals surface area contributed by atoms with Crippen LogP contribution in [0.4, 0.5) is 18.9 Å². The number of hydrogen-bond acceptors (Lipinski definition) is 1. The molecule has 0 atom stereocenters. The number of fused-ring (bicyclic) bond motifs is 1. The summed E-state index contributed by atoms with van der Waals surface area (Å²) in [6, 6.07) is 3.38. The van der Waals surface area contributed by atoms with Crippen LogP contribution in [0.5, 0.6) is 0 Å². The summed E-state index contributed by atoms with van der Waals surface area (Å²) in [5.41, 5.74) is 6.64. The molecule has 1 aromatic carbocycles. The minimum atomic E-state index is -4.34. The van der Waals surface area contributed by atoms with E-state index in [1.54, 1.807) is 0 Å². The van der Waals surface area contributed by atoms with E-state index < -0.39 is 11.7 Å². The van der Waals surface area contributed by atoms with Crippen LogP contribution < -0.4 is 0 Å². The SMILES string of the molecule is [CH2-]CC.[Co+2].[NH-]c1[c-]sc2ccc(C(F)(F)F)cc12. The maximum absolute atomic E-state index is 12.3. The summed E-state index contributed by atoms with van der Waals surface area (Å²) in [7, 11) is 0. The van der Waals surface area contributed by atoms with Gasteiger partial charge in [-0.3, -0.25) is 17.0 Å². The molecule has 1 radical (unpaired) electrons. The zero-order valence-electron chi connectivity index (χ0n) is 9.52. The molecule has 0 spiro atoms. The van der Waals surface area contributed by atoms with Crippen molar-refractivity contribution >= 4 is 27.1 Å². The Balaban J connectivity index is 0.000000660. The van der Waals surface area contributed by atoms with Gasteiger partial charge in [0.2, 0.25) is 0 Å². The van der Waals surface area contributed by atoms with E-state index in [-0.39, 0.29) is 22.5 Å². The first-order valence-electron chi connectivity index (χ1n) is 4.92. The summed E-state index contributed by atoms with van der Waals surface area (Å²) in [4.78, 5) is 0. The largest absolute Gasteiger partial charge is 2.00 e. The van der Waals surface area contributed by atoms with Crippen LogP contribution in [0.3, 0.4) is 0 Å². The van der Waals surface area contributed by atoms with Gasteiger partial charge in [0.25, 0.3) is 0 Å². The average Bonchev–Trinajstić information content (AvgIpc) is 2.60. The molecule has 0 aliphatic carbocycles. The molecule has 101 valence electrons. The summed E-state index contributed by atoms with van der Waals surface area (Å²) < 4.78 is 37.5. The number of thiophene rings is 1. The predicted molar refractivity (Wildman–Crippen MR) is 65.3 cm³/mol. The number of nitrogens with one attached hydrogen (secondary N) is 1. The maximum atomic E-state index is 12.3. The van der Waals surface area contributed by atoms with Crippen molar-refractivity contribution in [3.63, 3.8) is 0 Å². The molecule has 0 amide bonds. The molecule has 0 aliphatic heterocycles. The molecule has 0 bridgehead atoms. The van der Waals surface area contributed by atoms with Gasteiger partial charge in [-0.2, -0.15) is 25.0 Å². The Kier molecular flexibility index (Phi) is 6.73. The van der Waals surface area contributed by atoms with Crippen molar-refractivity contribution in [1.29, 1.82) is 0 Å². The summed E-state index contributed by atoms with van der Waals surface area (Å²) in [6.07, 6.45) is -3.34. The summed E-state index contributed by atoms with van der Waals surface area (Å²) >= 11 is 1.15. The van der Waals surface area contributed by atoms with E-state index in [0.29, 0.717) is 10.1 Å². The van der Waals surface area contributed by atoms with Gasteiger partial charge in [0.05, 0.1) is 0 Å². The first-order valence-corrected chi connectivity index (χ1v) is 5.74. The molecule has 1 nitrogen and oxygen atoms in total. The van der Waals surface area contributed by atoms with Crippen LogP contribution in [-0.4, -0.2) is 0 Å². The normalized spacial score (nSPS) is 10.5. The number of rotatable bonds is 0. The fourth-order valence-corrected chi connectivity index (χ4v) is 1.88. The number of benzene rings is 1. The van der Waals surface area contributed by atoms with E-state index in [2.05, 4.69) is 12.3 Å². The van der Waals surface area contributed by atoms with Crippen LogP contribution in [0, 0.1) is 12.3 Å². The zero-order valence-corrected chi connectivity index (χ0v) is 11.4. The second-order valence-electron chi connectivity index (χ2n) is 3.29. The molecule has 0 saturated heterocycles. The van der Waals surface area contributed by atoms with Crippen molar-refractivity contribution in [1.82, 2.24) is 0 Å². The van der Waals surface area contributed by atoms with Gasteiger partial charge in [-0.05, 0) is 0 Å². The molecule has 6 heteroatoms. The molecule has 2 aromatic rings. The van der Waals surface area contributed by atoms with Crippen LogP contribution in [-0.2, 0) is 23.0 Å². The van der Waals surface area contributed by atoms with Crippen molar-refractivity contribution < 1.29 is 30.0 Å². The zero-order chi connectivity index (χ0) is 13.1. The quantitative estimate of drug-likeness (QED) is 0.562. The van der Waals surface area contributed by atoms with Crippen LogP contribution in [0.1, 0.15) is 18.9 Å². The topological polar surface area (TPSA) is 23.8 Å². The van der Waals surface area contributed by atoms with Crippen molar-refractivity contribution in [3.8, 4) is 0 Å². The van der Waals surface area contributed by atoms with Crippen molar-refractivity contribution in [2.45, 2.75) is 19.5 Å². The third kappa shape index (κ3) is 4.18. The van der Waals surface area contributed by atoms with Crippen molar-refractivity contribution in [2.24, 2.45) is 0 Å². The molecule has 0 saturated carbocycles. The maximum Gasteiger partial charge on any atom is 2.00 e. The first-order chi connectivity index (χ1) is 7.90. The van der Waals surface area contributed by atoms with E-state index in [0.717, 1.165) is 29.9 Å². The monoisotopic (exact) mass is 317 g/mol. The summed E-state index contributed by atoms with van der Waals surface area (Å²) in [5.74, 6) is 0. The minimum Gasteiger partial charge on any atom is -0.720 e. The van der Waals surface area contributed by atoms with E-state index in [1.165, 1.54) is 6.07 Å². The van der Waals surface area contributed by atoms with Crippen LogP contribution >= 0.6 is 11.3 Å². The molecule has 0 aliphatic rings. The van der Waals surface area contributed by atoms with E-state index in [4.69, 9.17) is 5.73 Å². The molecule has 1 heterocycles. The standard InChI is InChI=1S/C9H4F3NS.C3H7.Co/c10-9(11,12)5-1-2-8-6(3-5)7(13)4-14-8;1-3-2;/h1-3,13H;1,3H2,2H3;/q-2;-1;+2. The van der Waals surface area contributed by atoms with Crippen LogP contribution in [0.2, 0.25) is 0 Å². The summed E-state index contributed by atoms with van der Waals surface area (Å²) in [6.45, 7) is 5.50.